The van der Waals surface area contributed by atoms with Crippen molar-refractivity contribution in [2.75, 3.05) is 13.6 Å². The highest BCUT2D eigenvalue weighted by atomic mass is 32.2. The Morgan fingerprint density at radius 3 is 2.40 bits per heavy atom. The van der Waals surface area contributed by atoms with Crippen LogP contribution in [0.15, 0.2) is 23.1 Å². The molecule has 20 heavy (non-hydrogen) atoms. The van der Waals surface area contributed by atoms with Gasteiger partial charge in [0.05, 0.1) is 17.9 Å². The van der Waals surface area contributed by atoms with Crippen molar-refractivity contribution in [3.63, 3.8) is 0 Å². The lowest BCUT2D eigenvalue weighted by Crippen LogP contribution is -2.31. The molecular weight excluding hydrogens is 302 g/mol. The maximum Gasteiger partial charge on any atom is 0.390 e. The van der Waals surface area contributed by atoms with Crippen molar-refractivity contribution < 1.29 is 31.1 Å². The number of hydrogen-bond acceptors (Lipinski definition) is 3. The summed E-state index contributed by atoms with van der Waals surface area (Å²) in [7, 11) is -3.33. The first kappa shape index (κ1) is 16.9. The number of rotatable bonds is 5. The van der Waals surface area contributed by atoms with Crippen molar-refractivity contribution in [3.8, 4) is 0 Å². The second kappa shape index (κ2) is 6.06. The van der Waals surface area contributed by atoms with Crippen molar-refractivity contribution in [2.45, 2.75) is 24.1 Å². The summed E-state index contributed by atoms with van der Waals surface area (Å²) < 4.78 is 74.0. The van der Waals surface area contributed by atoms with Gasteiger partial charge in [-0.05, 0) is 17.7 Å². The Kier molecular flexibility index (Phi) is 5.11. The number of halogens is 4. The van der Waals surface area contributed by atoms with E-state index in [1.54, 1.807) is 0 Å². The first-order valence-electron chi connectivity index (χ1n) is 5.50. The second-order valence-corrected chi connectivity index (χ2v) is 6.12. The summed E-state index contributed by atoms with van der Waals surface area (Å²) in [6.45, 7) is -1.45. The van der Waals surface area contributed by atoms with Crippen molar-refractivity contribution in [2.24, 2.45) is 0 Å². The molecule has 1 rings (SSSR count). The summed E-state index contributed by atoms with van der Waals surface area (Å²) in [5, 5.41) is 9.03. The Morgan fingerprint density at radius 1 is 1.30 bits per heavy atom. The molecule has 0 atom stereocenters. The van der Waals surface area contributed by atoms with E-state index in [-0.39, 0.29) is 5.56 Å². The van der Waals surface area contributed by atoms with E-state index in [2.05, 4.69) is 0 Å². The lowest BCUT2D eigenvalue weighted by Gasteiger charge is -2.19. The highest BCUT2D eigenvalue weighted by Crippen LogP contribution is 2.24. The first-order chi connectivity index (χ1) is 9.08. The van der Waals surface area contributed by atoms with E-state index in [0.717, 1.165) is 19.2 Å². The molecule has 0 radical (unpaired) electrons. The van der Waals surface area contributed by atoms with Crippen LogP contribution in [0.1, 0.15) is 12.0 Å². The minimum absolute atomic E-state index is 0.0785. The lowest BCUT2D eigenvalue weighted by atomic mass is 10.2. The maximum atomic E-state index is 13.1. The van der Waals surface area contributed by atoms with Gasteiger partial charge in [-0.1, -0.05) is 6.07 Å². The normalized spacial score (nSPS) is 12.9. The molecule has 0 saturated heterocycles. The number of aliphatic hydroxyl groups excluding tert-OH is 1. The zero-order valence-electron chi connectivity index (χ0n) is 10.5. The maximum absolute atomic E-state index is 13.1. The fraction of sp³-hybridized carbons (Fsp3) is 0.455. The van der Waals surface area contributed by atoms with Crippen molar-refractivity contribution >= 4 is 10.0 Å². The topological polar surface area (TPSA) is 57.6 Å². The number of nitrogens with zero attached hydrogens (tertiary/aromatic N) is 1. The minimum atomic E-state index is -4.49. The number of benzene rings is 1. The highest BCUT2D eigenvalue weighted by molar-refractivity contribution is 7.89. The molecule has 0 saturated carbocycles. The molecule has 0 aromatic heterocycles. The van der Waals surface area contributed by atoms with Crippen LogP contribution in [0.3, 0.4) is 0 Å². The van der Waals surface area contributed by atoms with Gasteiger partial charge in [0.2, 0.25) is 10.0 Å². The molecule has 1 aromatic carbocycles. The van der Waals surface area contributed by atoms with Gasteiger partial charge < -0.3 is 5.11 Å². The molecule has 1 N–H and O–H groups in total. The van der Waals surface area contributed by atoms with Gasteiger partial charge in [0.1, 0.15) is 5.82 Å². The van der Waals surface area contributed by atoms with Crippen LogP contribution >= 0.6 is 0 Å². The molecule has 0 aliphatic rings. The molecular formula is C11H13F4NO3S. The van der Waals surface area contributed by atoms with Gasteiger partial charge in [0.25, 0.3) is 0 Å². The molecule has 0 bridgehead atoms. The van der Waals surface area contributed by atoms with Crippen LogP contribution in [0.4, 0.5) is 17.6 Å². The Morgan fingerprint density at radius 2 is 1.90 bits per heavy atom. The molecule has 1 aromatic rings. The summed E-state index contributed by atoms with van der Waals surface area (Å²) in [5.74, 6) is -0.856. The van der Waals surface area contributed by atoms with Crippen LogP contribution in [-0.2, 0) is 16.6 Å². The number of hydrogen-bond donors (Lipinski definition) is 1. The van der Waals surface area contributed by atoms with E-state index in [1.807, 2.05) is 0 Å². The summed E-state index contributed by atoms with van der Waals surface area (Å²) in [6.07, 6.45) is -5.81. The quantitative estimate of drug-likeness (QED) is 0.844. The van der Waals surface area contributed by atoms with Gasteiger partial charge in [0.15, 0.2) is 0 Å². The number of sulfonamides is 1. The average molecular weight is 315 g/mol. The zero-order valence-corrected chi connectivity index (χ0v) is 11.3. The molecule has 0 unspecified atom stereocenters. The molecule has 0 heterocycles. The van der Waals surface area contributed by atoms with Gasteiger partial charge in [-0.15, -0.1) is 0 Å². The molecule has 0 aliphatic carbocycles. The molecule has 0 fully saturated rings. The van der Waals surface area contributed by atoms with Crippen LogP contribution in [0, 0.1) is 5.82 Å². The van der Waals surface area contributed by atoms with Gasteiger partial charge in [-0.3, -0.25) is 0 Å². The Labute approximate surface area is 113 Å². The standard InChI is InChI=1S/C11H13F4NO3S/c1-16(5-4-11(13,14)15)20(18,19)10-6-9(12)3-2-8(10)7-17/h2-3,6,17H,4-5,7H2,1H3. The molecule has 114 valence electrons. The lowest BCUT2D eigenvalue weighted by molar-refractivity contribution is -0.135. The Hall–Kier alpha value is -1.19. The molecule has 0 spiro atoms. The van der Waals surface area contributed by atoms with Crippen LogP contribution in [0.2, 0.25) is 0 Å². The van der Waals surface area contributed by atoms with E-state index in [1.165, 1.54) is 0 Å². The summed E-state index contributed by atoms with van der Waals surface area (Å²) in [5.41, 5.74) is -0.0785. The van der Waals surface area contributed by atoms with Crippen LogP contribution in [0.5, 0.6) is 0 Å². The fourth-order valence-corrected chi connectivity index (χ4v) is 2.86. The highest BCUT2D eigenvalue weighted by Gasteiger charge is 2.31. The average Bonchev–Trinajstić information content (AvgIpc) is 2.34. The smallest absolute Gasteiger partial charge is 0.390 e. The van der Waals surface area contributed by atoms with Crippen LogP contribution in [-0.4, -0.2) is 37.6 Å². The van der Waals surface area contributed by atoms with Gasteiger partial charge >= 0.3 is 6.18 Å². The SMILES string of the molecule is CN(CCC(F)(F)F)S(=O)(=O)c1cc(F)ccc1CO. The van der Waals surface area contributed by atoms with Gasteiger partial charge in [-0.25, -0.2) is 17.1 Å². The van der Waals surface area contributed by atoms with Crippen LogP contribution < -0.4 is 0 Å². The van der Waals surface area contributed by atoms with Crippen molar-refractivity contribution in [3.05, 3.63) is 29.6 Å². The Bertz CT molecular complexity index is 572. The van der Waals surface area contributed by atoms with Crippen LogP contribution in [0.25, 0.3) is 0 Å². The van der Waals surface area contributed by atoms with E-state index in [4.69, 9.17) is 5.11 Å². The molecule has 0 aliphatic heterocycles. The zero-order chi connectivity index (χ0) is 15.6. The Balaban J connectivity index is 3.07. The first-order valence-corrected chi connectivity index (χ1v) is 6.94. The summed E-state index contributed by atoms with van der Waals surface area (Å²) in [4.78, 5) is -0.537. The number of aliphatic hydroxyl groups is 1. The van der Waals surface area contributed by atoms with Gasteiger partial charge in [-0.2, -0.15) is 13.2 Å². The summed E-state index contributed by atoms with van der Waals surface area (Å²) in [6, 6.07) is 2.70. The fourth-order valence-electron chi connectivity index (χ4n) is 1.47. The second-order valence-electron chi connectivity index (χ2n) is 4.10. The monoisotopic (exact) mass is 315 g/mol. The third-order valence-electron chi connectivity index (χ3n) is 2.60. The minimum Gasteiger partial charge on any atom is -0.392 e. The molecule has 9 heteroatoms. The number of alkyl halides is 3. The van der Waals surface area contributed by atoms with E-state index in [0.29, 0.717) is 10.4 Å². The van der Waals surface area contributed by atoms with Gasteiger partial charge in [0, 0.05) is 13.6 Å². The molecule has 4 nitrogen and oxygen atoms in total. The third-order valence-corrected chi connectivity index (χ3v) is 4.54. The van der Waals surface area contributed by atoms with E-state index in [9.17, 15) is 26.0 Å². The van der Waals surface area contributed by atoms with E-state index >= 15 is 0 Å². The molecule has 0 amide bonds. The summed E-state index contributed by atoms with van der Waals surface area (Å²) >= 11 is 0. The predicted molar refractivity (Wildman–Crippen MR) is 62.8 cm³/mol. The van der Waals surface area contributed by atoms with Crippen molar-refractivity contribution in [1.82, 2.24) is 4.31 Å². The predicted octanol–water partition coefficient (Wildman–Crippen LogP) is 1.89. The third kappa shape index (κ3) is 4.15. The van der Waals surface area contributed by atoms with E-state index < -0.39 is 46.5 Å². The largest absolute Gasteiger partial charge is 0.392 e. The van der Waals surface area contributed by atoms with Crippen molar-refractivity contribution in [1.29, 1.82) is 0 Å².